The Morgan fingerprint density at radius 1 is 1.81 bits per heavy atom. The molecule has 1 heterocycles. The standard InChI is InChI=1S/C9H10ClN3O2S/c1-3-15-8(14)5(2)12-9-13-7(10)6(4-11)16-9/h5H,3H2,1-2H3,(H,12,13). The van der Waals surface area contributed by atoms with Gasteiger partial charge in [-0.3, -0.25) is 0 Å². The van der Waals surface area contributed by atoms with Crippen LogP contribution in [0.25, 0.3) is 0 Å². The summed E-state index contributed by atoms with van der Waals surface area (Å²) in [4.78, 5) is 15.5. The first-order valence-corrected chi connectivity index (χ1v) is 5.77. The van der Waals surface area contributed by atoms with E-state index in [-0.39, 0.29) is 11.1 Å². The number of ether oxygens (including phenoxy) is 1. The Labute approximate surface area is 102 Å². The number of thiazole rings is 1. The lowest BCUT2D eigenvalue weighted by molar-refractivity contribution is -0.143. The molecule has 0 fully saturated rings. The molecule has 0 amide bonds. The van der Waals surface area contributed by atoms with Gasteiger partial charge in [0.2, 0.25) is 0 Å². The number of nitriles is 1. The minimum Gasteiger partial charge on any atom is -0.464 e. The second-order valence-corrected chi connectivity index (χ2v) is 4.23. The number of anilines is 1. The summed E-state index contributed by atoms with van der Waals surface area (Å²) in [6.07, 6.45) is 0. The molecular formula is C9H10ClN3O2S. The summed E-state index contributed by atoms with van der Waals surface area (Å²) >= 11 is 6.79. The van der Waals surface area contributed by atoms with Gasteiger partial charge >= 0.3 is 5.97 Å². The SMILES string of the molecule is CCOC(=O)C(C)Nc1nc(Cl)c(C#N)s1. The maximum atomic E-state index is 11.3. The van der Waals surface area contributed by atoms with Gasteiger partial charge in [0.15, 0.2) is 10.3 Å². The number of rotatable bonds is 4. The van der Waals surface area contributed by atoms with Gasteiger partial charge in [0.25, 0.3) is 0 Å². The molecule has 0 aliphatic heterocycles. The smallest absolute Gasteiger partial charge is 0.328 e. The molecule has 1 aromatic heterocycles. The van der Waals surface area contributed by atoms with Crippen LogP contribution in [0.5, 0.6) is 0 Å². The maximum absolute atomic E-state index is 11.3. The van der Waals surface area contributed by atoms with E-state index in [1.807, 2.05) is 6.07 Å². The van der Waals surface area contributed by atoms with E-state index < -0.39 is 6.04 Å². The molecule has 0 aliphatic rings. The number of hydrogen-bond donors (Lipinski definition) is 1. The van der Waals surface area contributed by atoms with Crippen molar-refractivity contribution in [1.29, 1.82) is 5.26 Å². The molecule has 0 spiro atoms. The Morgan fingerprint density at radius 2 is 2.50 bits per heavy atom. The number of nitrogens with zero attached hydrogens (tertiary/aromatic N) is 2. The molecule has 1 aromatic rings. The van der Waals surface area contributed by atoms with Crippen LogP contribution in [0.3, 0.4) is 0 Å². The average molecular weight is 260 g/mol. The predicted octanol–water partition coefficient (Wildman–Crippen LogP) is 2.03. The number of carbonyl (C=O) groups is 1. The number of halogens is 1. The monoisotopic (exact) mass is 259 g/mol. The zero-order valence-electron chi connectivity index (χ0n) is 8.78. The highest BCUT2D eigenvalue weighted by Gasteiger charge is 2.16. The summed E-state index contributed by atoms with van der Waals surface area (Å²) in [5.41, 5.74) is 0. The normalized spacial score (nSPS) is 11.6. The molecule has 0 radical (unpaired) electrons. The van der Waals surface area contributed by atoms with Crippen LogP contribution in [0, 0.1) is 11.3 Å². The molecule has 5 nitrogen and oxygen atoms in total. The fraction of sp³-hybridized carbons (Fsp3) is 0.444. The highest BCUT2D eigenvalue weighted by atomic mass is 35.5. The van der Waals surface area contributed by atoms with E-state index in [1.165, 1.54) is 0 Å². The van der Waals surface area contributed by atoms with Crippen LogP contribution in [0.1, 0.15) is 18.7 Å². The number of carbonyl (C=O) groups excluding carboxylic acids is 1. The topological polar surface area (TPSA) is 75.0 Å². The van der Waals surface area contributed by atoms with E-state index >= 15 is 0 Å². The van der Waals surface area contributed by atoms with E-state index in [1.54, 1.807) is 13.8 Å². The van der Waals surface area contributed by atoms with E-state index in [4.69, 9.17) is 21.6 Å². The van der Waals surface area contributed by atoms with Gasteiger partial charge in [-0.2, -0.15) is 5.26 Å². The third-order valence-electron chi connectivity index (χ3n) is 1.67. The van der Waals surface area contributed by atoms with Crippen molar-refractivity contribution in [1.82, 2.24) is 4.98 Å². The molecule has 7 heteroatoms. The lowest BCUT2D eigenvalue weighted by Crippen LogP contribution is -2.28. The molecule has 1 N–H and O–H groups in total. The summed E-state index contributed by atoms with van der Waals surface area (Å²) in [5.74, 6) is -0.368. The maximum Gasteiger partial charge on any atom is 0.328 e. The second kappa shape index (κ2) is 5.68. The van der Waals surface area contributed by atoms with Crippen LogP contribution in [0.4, 0.5) is 5.13 Å². The quantitative estimate of drug-likeness (QED) is 0.838. The van der Waals surface area contributed by atoms with Crippen LogP contribution in [-0.2, 0) is 9.53 Å². The van der Waals surface area contributed by atoms with Crippen LogP contribution in [-0.4, -0.2) is 23.6 Å². The van der Waals surface area contributed by atoms with Gasteiger partial charge in [-0.15, -0.1) is 0 Å². The van der Waals surface area contributed by atoms with Crippen LogP contribution < -0.4 is 5.32 Å². The van der Waals surface area contributed by atoms with Gasteiger partial charge in [-0.1, -0.05) is 22.9 Å². The number of esters is 1. The third kappa shape index (κ3) is 3.08. The number of aromatic nitrogens is 1. The first-order chi connectivity index (χ1) is 7.58. The van der Waals surface area contributed by atoms with Crippen molar-refractivity contribution in [3.8, 4) is 6.07 Å². The van der Waals surface area contributed by atoms with Crippen LogP contribution in [0.15, 0.2) is 0 Å². The fourth-order valence-electron chi connectivity index (χ4n) is 0.944. The van der Waals surface area contributed by atoms with Crippen molar-refractivity contribution in [2.24, 2.45) is 0 Å². The zero-order chi connectivity index (χ0) is 12.1. The minimum absolute atomic E-state index is 0.144. The van der Waals surface area contributed by atoms with Crippen molar-refractivity contribution in [3.05, 3.63) is 10.0 Å². The van der Waals surface area contributed by atoms with Crippen molar-refractivity contribution < 1.29 is 9.53 Å². The molecular weight excluding hydrogens is 250 g/mol. The van der Waals surface area contributed by atoms with E-state index in [0.717, 1.165) is 11.3 Å². The Bertz CT molecular complexity index is 427. The summed E-state index contributed by atoms with van der Waals surface area (Å²) in [6.45, 7) is 3.71. The molecule has 0 aliphatic carbocycles. The Kier molecular flexibility index (Phi) is 4.52. The van der Waals surface area contributed by atoms with Gasteiger partial charge in [0.1, 0.15) is 17.0 Å². The van der Waals surface area contributed by atoms with E-state index in [2.05, 4.69) is 10.3 Å². The first-order valence-electron chi connectivity index (χ1n) is 4.58. The predicted molar refractivity (Wildman–Crippen MR) is 61.6 cm³/mol. The first kappa shape index (κ1) is 12.7. The van der Waals surface area contributed by atoms with Crippen molar-refractivity contribution in [3.63, 3.8) is 0 Å². The molecule has 0 bridgehead atoms. The zero-order valence-corrected chi connectivity index (χ0v) is 10.4. The van der Waals surface area contributed by atoms with Crippen LogP contribution in [0.2, 0.25) is 5.15 Å². The number of hydrogen-bond acceptors (Lipinski definition) is 6. The van der Waals surface area contributed by atoms with E-state index in [0.29, 0.717) is 16.6 Å². The largest absolute Gasteiger partial charge is 0.464 e. The Morgan fingerprint density at radius 3 is 3.00 bits per heavy atom. The summed E-state index contributed by atoms with van der Waals surface area (Å²) in [7, 11) is 0. The Balaban J connectivity index is 2.66. The lowest BCUT2D eigenvalue weighted by Gasteiger charge is -2.10. The van der Waals surface area contributed by atoms with Crippen molar-refractivity contribution in [2.75, 3.05) is 11.9 Å². The summed E-state index contributed by atoms with van der Waals surface area (Å²) < 4.78 is 4.82. The van der Waals surface area contributed by atoms with Gasteiger partial charge in [-0.25, -0.2) is 9.78 Å². The molecule has 16 heavy (non-hydrogen) atoms. The highest BCUT2D eigenvalue weighted by Crippen LogP contribution is 2.26. The molecule has 1 rings (SSSR count). The highest BCUT2D eigenvalue weighted by molar-refractivity contribution is 7.16. The molecule has 0 saturated heterocycles. The fourth-order valence-corrected chi connectivity index (χ4v) is 1.98. The molecule has 1 unspecified atom stereocenters. The summed E-state index contributed by atoms with van der Waals surface area (Å²) in [6, 6.07) is 1.39. The molecule has 0 aromatic carbocycles. The Hall–Kier alpha value is -1.32. The molecule has 1 atom stereocenters. The third-order valence-corrected chi connectivity index (χ3v) is 2.94. The average Bonchev–Trinajstić information content (AvgIpc) is 2.59. The molecule has 0 saturated carbocycles. The van der Waals surface area contributed by atoms with Gasteiger partial charge < -0.3 is 10.1 Å². The van der Waals surface area contributed by atoms with Gasteiger partial charge in [0.05, 0.1) is 6.61 Å². The number of nitrogens with one attached hydrogen (secondary N) is 1. The van der Waals surface area contributed by atoms with E-state index in [9.17, 15) is 4.79 Å². The minimum atomic E-state index is -0.520. The van der Waals surface area contributed by atoms with Gasteiger partial charge in [0, 0.05) is 0 Å². The van der Waals surface area contributed by atoms with Crippen LogP contribution >= 0.6 is 22.9 Å². The lowest BCUT2D eigenvalue weighted by atomic mass is 10.3. The molecule has 86 valence electrons. The summed E-state index contributed by atoms with van der Waals surface area (Å²) in [5, 5.41) is 12.1. The van der Waals surface area contributed by atoms with Crippen molar-refractivity contribution in [2.45, 2.75) is 19.9 Å². The van der Waals surface area contributed by atoms with Crippen molar-refractivity contribution >= 4 is 34.0 Å². The van der Waals surface area contributed by atoms with Gasteiger partial charge in [-0.05, 0) is 13.8 Å². The second-order valence-electron chi connectivity index (χ2n) is 2.87.